The fourth-order valence-corrected chi connectivity index (χ4v) is 4.35. The number of alkyl halides is 1. The van der Waals surface area contributed by atoms with Crippen LogP contribution in [0.1, 0.15) is 33.6 Å². The van der Waals surface area contributed by atoms with Gasteiger partial charge in [0.15, 0.2) is 5.82 Å². The molecular formula is C27H22ClF2N5O2. The normalized spacial score (nSPS) is 14.0. The summed E-state index contributed by atoms with van der Waals surface area (Å²) in [4.78, 5) is 32.2. The Labute approximate surface area is 216 Å². The number of rotatable bonds is 5. The fourth-order valence-electron chi connectivity index (χ4n) is 4.15. The molecule has 0 bridgehead atoms. The number of carbonyl (C=O) groups is 2. The van der Waals surface area contributed by atoms with Crippen LogP contribution in [0, 0.1) is 5.82 Å². The van der Waals surface area contributed by atoms with Crippen molar-refractivity contribution in [1.82, 2.24) is 19.7 Å². The number of hydrogen-bond donors (Lipinski definition) is 1. The molecule has 0 unspecified atom stereocenters. The van der Waals surface area contributed by atoms with Crippen LogP contribution in [-0.4, -0.2) is 50.7 Å². The topological polar surface area (TPSA) is 80.1 Å². The minimum absolute atomic E-state index is 0.222. The maximum Gasteiger partial charge on any atom is 0.259 e. The van der Waals surface area contributed by atoms with Gasteiger partial charge in [-0.1, -0.05) is 17.7 Å². The van der Waals surface area contributed by atoms with Gasteiger partial charge in [0.25, 0.3) is 11.8 Å². The first-order valence-corrected chi connectivity index (χ1v) is 12.1. The molecule has 1 saturated heterocycles. The average Bonchev–Trinajstić information content (AvgIpc) is 3.36. The Morgan fingerprint density at radius 3 is 2.46 bits per heavy atom. The van der Waals surface area contributed by atoms with E-state index in [1.807, 2.05) is 0 Å². The van der Waals surface area contributed by atoms with Crippen molar-refractivity contribution in [2.45, 2.75) is 19.0 Å². The molecule has 2 aromatic heterocycles. The van der Waals surface area contributed by atoms with Gasteiger partial charge < -0.3 is 10.2 Å². The third-order valence-corrected chi connectivity index (χ3v) is 6.46. The lowest BCUT2D eigenvalue weighted by molar-refractivity contribution is 0.0667. The van der Waals surface area contributed by atoms with Gasteiger partial charge in [-0.05, 0) is 67.4 Å². The van der Waals surface area contributed by atoms with Crippen LogP contribution in [-0.2, 0) is 0 Å². The molecule has 1 N–H and O–H groups in total. The zero-order valence-electron chi connectivity index (χ0n) is 19.6. The lowest BCUT2D eigenvalue weighted by atomic mass is 10.1. The first-order valence-electron chi connectivity index (χ1n) is 11.7. The predicted molar refractivity (Wildman–Crippen MR) is 136 cm³/mol. The Morgan fingerprint density at radius 1 is 1.00 bits per heavy atom. The number of carbonyl (C=O) groups excluding carboxylic acids is 2. The molecule has 0 saturated carbocycles. The van der Waals surface area contributed by atoms with Crippen LogP contribution in [0.25, 0.3) is 17.1 Å². The molecule has 2 amide bonds. The van der Waals surface area contributed by atoms with E-state index in [0.717, 1.165) is 0 Å². The summed E-state index contributed by atoms with van der Waals surface area (Å²) in [5, 5.41) is 7.57. The molecular weight excluding hydrogens is 500 g/mol. The van der Waals surface area contributed by atoms with Gasteiger partial charge in [0.05, 0.1) is 16.1 Å². The summed E-state index contributed by atoms with van der Waals surface area (Å²) in [6.07, 6.45) is 2.81. The fraction of sp³-hybridized carbons (Fsp3) is 0.185. The number of anilines is 1. The molecule has 37 heavy (non-hydrogen) atoms. The first kappa shape index (κ1) is 24.6. The summed E-state index contributed by atoms with van der Waals surface area (Å²) < 4.78 is 28.5. The molecule has 0 atom stereocenters. The van der Waals surface area contributed by atoms with E-state index in [2.05, 4.69) is 15.4 Å². The number of pyridine rings is 1. The number of halogens is 3. The van der Waals surface area contributed by atoms with Crippen LogP contribution in [0.15, 0.2) is 73.1 Å². The highest BCUT2D eigenvalue weighted by Gasteiger charge is 2.25. The maximum atomic E-state index is 13.5. The van der Waals surface area contributed by atoms with Crippen molar-refractivity contribution in [3.63, 3.8) is 0 Å². The van der Waals surface area contributed by atoms with Gasteiger partial charge in [0.2, 0.25) is 0 Å². The molecule has 1 fully saturated rings. The zero-order chi connectivity index (χ0) is 25.9. The minimum atomic E-state index is -0.910. The quantitative estimate of drug-likeness (QED) is 0.373. The zero-order valence-corrected chi connectivity index (χ0v) is 20.3. The van der Waals surface area contributed by atoms with Crippen LogP contribution < -0.4 is 5.32 Å². The van der Waals surface area contributed by atoms with Gasteiger partial charge in [-0.25, -0.2) is 18.4 Å². The van der Waals surface area contributed by atoms with Crippen molar-refractivity contribution in [3.05, 3.63) is 95.0 Å². The number of hydrogen-bond acceptors (Lipinski definition) is 4. The molecule has 1 aliphatic heterocycles. The van der Waals surface area contributed by atoms with Crippen molar-refractivity contribution in [2.24, 2.45) is 0 Å². The highest BCUT2D eigenvalue weighted by molar-refractivity contribution is 6.34. The van der Waals surface area contributed by atoms with Crippen LogP contribution in [0.5, 0.6) is 0 Å². The van der Waals surface area contributed by atoms with E-state index >= 15 is 0 Å². The van der Waals surface area contributed by atoms with Crippen LogP contribution in [0.3, 0.4) is 0 Å². The van der Waals surface area contributed by atoms with Gasteiger partial charge in [-0.2, -0.15) is 5.10 Å². The summed E-state index contributed by atoms with van der Waals surface area (Å²) in [7, 11) is 0. The highest BCUT2D eigenvalue weighted by Crippen LogP contribution is 2.27. The van der Waals surface area contributed by atoms with Crippen molar-refractivity contribution in [1.29, 1.82) is 0 Å². The van der Waals surface area contributed by atoms with E-state index in [-0.39, 0.29) is 34.9 Å². The smallest absolute Gasteiger partial charge is 0.259 e. The summed E-state index contributed by atoms with van der Waals surface area (Å²) in [5.74, 6) is -0.710. The largest absolute Gasteiger partial charge is 0.338 e. The molecule has 7 nitrogen and oxygen atoms in total. The van der Waals surface area contributed by atoms with Crippen molar-refractivity contribution >= 4 is 29.1 Å². The number of aromatic nitrogens is 3. The Bertz CT molecular complexity index is 1440. The van der Waals surface area contributed by atoms with E-state index in [1.165, 1.54) is 41.1 Å². The van der Waals surface area contributed by atoms with Gasteiger partial charge in [-0.15, -0.1) is 0 Å². The molecule has 0 spiro atoms. The molecule has 3 heterocycles. The van der Waals surface area contributed by atoms with E-state index < -0.39 is 17.9 Å². The van der Waals surface area contributed by atoms with Crippen molar-refractivity contribution in [2.75, 3.05) is 18.4 Å². The molecule has 4 aromatic rings. The average molecular weight is 522 g/mol. The Hall–Kier alpha value is -4.11. The first-order chi connectivity index (χ1) is 17.9. The van der Waals surface area contributed by atoms with E-state index in [0.29, 0.717) is 35.9 Å². The molecule has 188 valence electrons. The summed E-state index contributed by atoms with van der Waals surface area (Å²) in [6.45, 7) is 0.612. The molecule has 0 aliphatic carbocycles. The number of nitrogens with one attached hydrogen (secondary N) is 1. The van der Waals surface area contributed by atoms with Gasteiger partial charge >= 0.3 is 0 Å². The standard InChI is InChI=1S/C27H22ClF2N5O2/c28-23-9-8-20(15-21(23)27(37)34-13-10-19(30)11-14-34)32-26(36)22-16-35(24-3-1-2-12-31-24)33-25(22)17-4-6-18(29)7-5-17/h1-9,12,15-16,19H,10-11,13-14H2,(H,32,36). The van der Waals surface area contributed by atoms with Crippen molar-refractivity contribution < 1.29 is 18.4 Å². The lowest BCUT2D eigenvalue weighted by Gasteiger charge is -2.29. The van der Waals surface area contributed by atoms with E-state index in [1.54, 1.807) is 41.6 Å². The Morgan fingerprint density at radius 2 is 1.76 bits per heavy atom. The maximum absolute atomic E-state index is 13.5. The van der Waals surface area contributed by atoms with Crippen LogP contribution in [0.4, 0.5) is 14.5 Å². The second-order valence-electron chi connectivity index (χ2n) is 8.65. The number of nitrogens with zero attached hydrogens (tertiary/aromatic N) is 4. The molecule has 2 aromatic carbocycles. The van der Waals surface area contributed by atoms with Crippen LogP contribution >= 0.6 is 11.6 Å². The SMILES string of the molecule is O=C(Nc1ccc(Cl)c(C(=O)N2CCC(F)CC2)c1)c1cn(-c2ccccn2)nc1-c1ccc(F)cc1. The number of amides is 2. The number of likely N-dealkylation sites (tertiary alicyclic amines) is 1. The predicted octanol–water partition coefficient (Wildman–Crippen LogP) is 5.55. The minimum Gasteiger partial charge on any atom is -0.338 e. The molecule has 1 aliphatic rings. The highest BCUT2D eigenvalue weighted by atomic mass is 35.5. The van der Waals surface area contributed by atoms with Gasteiger partial charge in [-0.3, -0.25) is 9.59 Å². The molecule has 5 rings (SSSR count). The molecule has 0 radical (unpaired) electrons. The lowest BCUT2D eigenvalue weighted by Crippen LogP contribution is -2.39. The Balaban J connectivity index is 1.45. The molecule has 10 heteroatoms. The second kappa shape index (κ2) is 10.5. The second-order valence-corrected chi connectivity index (χ2v) is 9.05. The number of piperidine rings is 1. The van der Waals surface area contributed by atoms with Gasteiger partial charge in [0.1, 0.15) is 17.7 Å². The summed E-state index contributed by atoms with van der Waals surface area (Å²) in [6, 6.07) is 15.6. The van der Waals surface area contributed by atoms with Gasteiger partial charge in [0, 0.05) is 36.7 Å². The monoisotopic (exact) mass is 521 g/mol. The summed E-state index contributed by atoms with van der Waals surface area (Å²) in [5.41, 5.74) is 1.69. The van der Waals surface area contributed by atoms with Crippen molar-refractivity contribution in [3.8, 4) is 17.1 Å². The third-order valence-electron chi connectivity index (χ3n) is 6.13. The van der Waals surface area contributed by atoms with E-state index in [9.17, 15) is 18.4 Å². The van der Waals surface area contributed by atoms with E-state index in [4.69, 9.17) is 11.6 Å². The number of benzene rings is 2. The summed E-state index contributed by atoms with van der Waals surface area (Å²) >= 11 is 6.30. The Kier molecular flexibility index (Phi) is 6.96. The third kappa shape index (κ3) is 5.36. The van der Waals surface area contributed by atoms with Crippen LogP contribution in [0.2, 0.25) is 5.02 Å².